The van der Waals surface area contributed by atoms with Crippen LogP contribution in [-0.2, 0) is 11.3 Å². The fourth-order valence-electron chi connectivity index (χ4n) is 2.77. The van der Waals surface area contributed by atoms with Crippen molar-refractivity contribution in [3.63, 3.8) is 0 Å². The van der Waals surface area contributed by atoms with Crippen LogP contribution in [-0.4, -0.2) is 44.1 Å². The standard InChI is InChI=1S/C16H16F2N6O2S/c1-16(7-26-8-16)6-24-4-10(12(23-24)13(17)18)21-14(25)11-5-27-15(22-11)9-2-19-20-3-9/h2-5,13H,6-8H2,1H3,(H,19,20)(H,21,25). The van der Waals surface area contributed by atoms with Gasteiger partial charge in [0, 0.05) is 28.8 Å². The van der Waals surface area contributed by atoms with Crippen molar-refractivity contribution < 1.29 is 18.3 Å². The van der Waals surface area contributed by atoms with E-state index in [4.69, 9.17) is 4.74 Å². The van der Waals surface area contributed by atoms with Crippen molar-refractivity contribution in [3.05, 3.63) is 35.4 Å². The number of anilines is 1. The van der Waals surface area contributed by atoms with E-state index in [0.717, 1.165) is 5.56 Å². The second-order valence-corrected chi connectivity index (χ2v) is 7.57. The van der Waals surface area contributed by atoms with E-state index in [1.165, 1.54) is 22.2 Å². The number of alkyl halides is 2. The summed E-state index contributed by atoms with van der Waals surface area (Å²) >= 11 is 1.27. The van der Waals surface area contributed by atoms with Gasteiger partial charge in [0.15, 0.2) is 5.69 Å². The number of aromatic nitrogens is 5. The first kappa shape index (κ1) is 17.7. The van der Waals surface area contributed by atoms with Crippen LogP contribution in [0.3, 0.4) is 0 Å². The molecule has 0 aliphatic carbocycles. The maximum Gasteiger partial charge on any atom is 0.284 e. The Bertz CT molecular complexity index is 948. The van der Waals surface area contributed by atoms with E-state index >= 15 is 0 Å². The summed E-state index contributed by atoms with van der Waals surface area (Å²) in [5.74, 6) is -0.569. The van der Waals surface area contributed by atoms with E-state index in [2.05, 4.69) is 25.6 Å². The fraction of sp³-hybridized carbons (Fsp3) is 0.375. The minimum Gasteiger partial charge on any atom is -0.380 e. The molecular weight excluding hydrogens is 378 g/mol. The Balaban J connectivity index is 1.52. The summed E-state index contributed by atoms with van der Waals surface area (Å²) in [6.07, 6.45) is 1.87. The summed E-state index contributed by atoms with van der Waals surface area (Å²) in [5.41, 5.74) is 0.273. The van der Waals surface area contributed by atoms with Crippen LogP contribution in [0, 0.1) is 5.41 Å². The predicted molar refractivity (Wildman–Crippen MR) is 93.8 cm³/mol. The molecule has 1 aliphatic heterocycles. The van der Waals surface area contributed by atoms with Crippen molar-refractivity contribution >= 4 is 22.9 Å². The Morgan fingerprint density at radius 1 is 1.52 bits per heavy atom. The first-order chi connectivity index (χ1) is 12.9. The Labute approximate surface area is 156 Å². The molecule has 0 radical (unpaired) electrons. The Morgan fingerprint density at radius 2 is 2.33 bits per heavy atom. The number of carbonyl (C=O) groups excluding carboxylic acids is 1. The third-order valence-corrected chi connectivity index (χ3v) is 5.06. The average molecular weight is 394 g/mol. The van der Waals surface area contributed by atoms with Crippen LogP contribution >= 0.6 is 11.3 Å². The van der Waals surface area contributed by atoms with Gasteiger partial charge in [-0.15, -0.1) is 11.3 Å². The minimum absolute atomic E-state index is 0.0169. The van der Waals surface area contributed by atoms with E-state index in [9.17, 15) is 13.6 Å². The highest BCUT2D eigenvalue weighted by atomic mass is 32.1. The zero-order valence-electron chi connectivity index (χ0n) is 14.3. The van der Waals surface area contributed by atoms with Gasteiger partial charge in [-0.05, 0) is 0 Å². The molecule has 0 bridgehead atoms. The number of nitrogens with one attached hydrogen (secondary N) is 2. The molecule has 0 unspecified atom stereocenters. The Morgan fingerprint density at radius 3 is 2.96 bits per heavy atom. The summed E-state index contributed by atoms with van der Waals surface area (Å²) in [6, 6.07) is 0. The number of carbonyl (C=O) groups is 1. The van der Waals surface area contributed by atoms with Crippen molar-refractivity contribution in [2.24, 2.45) is 5.41 Å². The van der Waals surface area contributed by atoms with Crippen LogP contribution < -0.4 is 5.32 Å². The van der Waals surface area contributed by atoms with Gasteiger partial charge < -0.3 is 10.1 Å². The second kappa shape index (κ2) is 6.82. The summed E-state index contributed by atoms with van der Waals surface area (Å²) in [6.45, 7) is 3.53. The summed E-state index contributed by atoms with van der Waals surface area (Å²) in [7, 11) is 0. The van der Waals surface area contributed by atoms with E-state index in [0.29, 0.717) is 24.8 Å². The lowest BCUT2D eigenvalue weighted by molar-refractivity contribution is -0.111. The quantitative estimate of drug-likeness (QED) is 0.670. The Hall–Kier alpha value is -2.66. The SMILES string of the molecule is CC1(Cn2cc(NC(=O)c3csc(-c4cn[nH]c4)n3)c(C(F)F)n2)COC1. The maximum absolute atomic E-state index is 13.3. The van der Waals surface area contributed by atoms with Gasteiger partial charge in [0.25, 0.3) is 12.3 Å². The van der Waals surface area contributed by atoms with Crippen molar-refractivity contribution in [3.8, 4) is 10.6 Å². The lowest BCUT2D eigenvalue weighted by Crippen LogP contribution is -2.43. The van der Waals surface area contributed by atoms with Crippen molar-refractivity contribution in [2.45, 2.75) is 19.9 Å². The highest BCUT2D eigenvalue weighted by Gasteiger charge is 2.34. The van der Waals surface area contributed by atoms with Gasteiger partial charge in [-0.2, -0.15) is 10.2 Å². The molecule has 27 heavy (non-hydrogen) atoms. The highest BCUT2D eigenvalue weighted by molar-refractivity contribution is 7.13. The molecule has 11 heteroatoms. The Kier molecular flexibility index (Phi) is 4.48. The molecule has 3 aromatic rings. The number of H-pyrrole nitrogens is 1. The van der Waals surface area contributed by atoms with E-state index in [1.54, 1.807) is 17.8 Å². The van der Waals surface area contributed by atoms with Crippen molar-refractivity contribution in [1.82, 2.24) is 25.0 Å². The monoisotopic (exact) mass is 394 g/mol. The molecule has 8 nitrogen and oxygen atoms in total. The fourth-order valence-corrected chi connectivity index (χ4v) is 3.55. The summed E-state index contributed by atoms with van der Waals surface area (Å²) in [5, 5.41) is 15.1. The zero-order chi connectivity index (χ0) is 19.0. The molecule has 1 saturated heterocycles. The molecule has 4 rings (SSSR count). The molecule has 0 spiro atoms. The van der Waals surface area contributed by atoms with Gasteiger partial charge in [-0.3, -0.25) is 14.6 Å². The molecule has 0 atom stereocenters. The molecule has 0 aromatic carbocycles. The van der Waals surface area contributed by atoms with E-state index in [-0.39, 0.29) is 16.8 Å². The number of amides is 1. The van der Waals surface area contributed by atoms with Gasteiger partial charge in [0.1, 0.15) is 10.7 Å². The molecule has 3 aromatic heterocycles. The molecule has 2 N–H and O–H groups in total. The first-order valence-corrected chi connectivity index (χ1v) is 9.01. The molecule has 1 fully saturated rings. The topological polar surface area (TPSA) is 97.7 Å². The first-order valence-electron chi connectivity index (χ1n) is 8.13. The van der Waals surface area contributed by atoms with Crippen LogP contribution in [0.2, 0.25) is 0 Å². The molecule has 0 saturated carbocycles. The van der Waals surface area contributed by atoms with Crippen LogP contribution in [0.15, 0.2) is 24.0 Å². The number of nitrogens with zero attached hydrogens (tertiary/aromatic N) is 4. The molecule has 1 aliphatic rings. The minimum atomic E-state index is -2.80. The van der Waals surface area contributed by atoms with Crippen LogP contribution in [0.5, 0.6) is 0 Å². The number of aromatic amines is 1. The lowest BCUT2D eigenvalue weighted by atomic mass is 9.89. The van der Waals surface area contributed by atoms with Gasteiger partial charge in [0.05, 0.1) is 31.6 Å². The number of rotatable bonds is 6. The third-order valence-electron chi connectivity index (χ3n) is 4.17. The largest absolute Gasteiger partial charge is 0.380 e. The molecular formula is C16H16F2N6O2S. The molecule has 4 heterocycles. The molecule has 142 valence electrons. The third kappa shape index (κ3) is 3.60. The normalized spacial score (nSPS) is 15.7. The lowest BCUT2D eigenvalue weighted by Gasteiger charge is -2.37. The van der Waals surface area contributed by atoms with E-state index in [1.807, 2.05) is 6.92 Å². The van der Waals surface area contributed by atoms with Crippen molar-refractivity contribution in [2.75, 3.05) is 18.5 Å². The predicted octanol–water partition coefficient (Wildman–Crippen LogP) is 2.96. The second-order valence-electron chi connectivity index (χ2n) is 6.71. The van der Waals surface area contributed by atoms with Gasteiger partial charge >= 0.3 is 0 Å². The van der Waals surface area contributed by atoms with Gasteiger partial charge in [-0.25, -0.2) is 13.8 Å². The zero-order valence-corrected chi connectivity index (χ0v) is 15.1. The smallest absolute Gasteiger partial charge is 0.284 e. The summed E-state index contributed by atoms with van der Waals surface area (Å²) < 4.78 is 33.3. The average Bonchev–Trinajstić information content (AvgIpc) is 3.33. The van der Waals surface area contributed by atoms with Crippen LogP contribution in [0.25, 0.3) is 10.6 Å². The van der Waals surface area contributed by atoms with Crippen LogP contribution in [0.1, 0.15) is 29.5 Å². The van der Waals surface area contributed by atoms with Crippen LogP contribution in [0.4, 0.5) is 14.5 Å². The highest BCUT2D eigenvalue weighted by Crippen LogP contribution is 2.31. The number of halogens is 2. The summed E-state index contributed by atoms with van der Waals surface area (Å²) in [4.78, 5) is 16.7. The number of ether oxygens (including phenoxy) is 1. The maximum atomic E-state index is 13.3. The number of thiazole rings is 1. The van der Waals surface area contributed by atoms with Gasteiger partial charge in [0.2, 0.25) is 0 Å². The number of hydrogen-bond donors (Lipinski definition) is 2. The number of hydrogen-bond acceptors (Lipinski definition) is 6. The van der Waals surface area contributed by atoms with E-state index < -0.39 is 18.0 Å². The molecule has 1 amide bonds. The van der Waals surface area contributed by atoms with Crippen molar-refractivity contribution in [1.29, 1.82) is 0 Å². The van der Waals surface area contributed by atoms with Gasteiger partial charge in [-0.1, -0.05) is 6.92 Å².